The standard InChI is InChI=1S/C14H17N3O2S/c1-8-12(9(2)16-14(19)15-8)13(18)17-5-3-11-10(7-17)4-6-20-11/h4,6,8H,3,5,7H2,1-2H3,(H2,15,16,19). The fourth-order valence-electron chi connectivity index (χ4n) is 2.81. The van der Waals surface area contributed by atoms with Gasteiger partial charge in [0.15, 0.2) is 0 Å². The molecule has 0 aromatic carbocycles. The van der Waals surface area contributed by atoms with Crippen LogP contribution in [0, 0.1) is 0 Å². The Morgan fingerprint density at radius 1 is 1.50 bits per heavy atom. The molecule has 0 fully saturated rings. The zero-order valence-corrected chi connectivity index (χ0v) is 12.3. The molecule has 1 unspecified atom stereocenters. The highest BCUT2D eigenvalue weighted by Crippen LogP contribution is 2.26. The van der Waals surface area contributed by atoms with Crippen LogP contribution in [0.2, 0.25) is 0 Å². The van der Waals surface area contributed by atoms with Crippen molar-refractivity contribution < 1.29 is 9.59 Å². The summed E-state index contributed by atoms with van der Waals surface area (Å²) in [4.78, 5) is 27.3. The van der Waals surface area contributed by atoms with E-state index in [9.17, 15) is 9.59 Å². The fourth-order valence-corrected chi connectivity index (χ4v) is 3.69. The zero-order valence-electron chi connectivity index (χ0n) is 11.5. The number of nitrogens with zero attached hydrogens (tertiary/aromatic N) is 1. The highest BCUT2D eigenvalue weighted by molar-refractivity contribution is 7.10. The van der Waals surface area contributed by atoms with Crippen molar-refractivity contribution in [2.45, 2.75) is 32.9 Å². The largest absolute Gasteiger partial charge is 0.334 e. The van der Waals surface area contributed by atoms with Crippen molar-refractivity contribution >= 4 is 23.3 Å². The molecule has 1 atom stereocenters. The van der Waals surface area contributed by atoms with Gasteiger partial charge >= 0.3 is 6.03 Å². The summed E-state index contributed by atoms with van der Waals surface area (Å²) in [7, 11) is 0. The number of carbonyl (C=O) groups excluding carboxylic acids is 2. The van der Waals surface area contributed by atoms with Crippen LogP contribution in [0.15, 0.2) is 22.7 Å². The summed E-state index contributed by atoms with van der Waals surface area (Å²) in [5, 5.41) is 7.50. The van der Waals surface area contributed by atoms with Crippen molar-refractivity contribution in [3.63, 3.8) is 0 Å². The lowest BCUT2D eigenvalue weighted by molar-refractivity contribution is -0.128. The Morgan fingerprint density at radius 2 is 2.30 bits per heavy atom. The normalized spacial score (nSPS) is 22.2. The molecule has 3 rings (SSSR count). The minimum Gasteiger partial charge on any atom is -0.334 e. The van der Waals surface area contributed by atoms with E-state index in [-0.39, 0.29) is 18.0 Å². The lowest BCUT2D eigenvalue weighted by Crippen LogP contribution is -2.51. The molecule has 3 amide bonds. The second kappa shape index (κ2) is 4.94. The molecule has 1 aromatic rings. The van der Waals surface area contributed by atoms with E-state index in [0.717, 1.165) is 13.0 Å². The topological polar surface area (TPSA) is 61.4 Å². The number of hydrogen-bond donors (Lipinski definition) is 2. The quantitative estimate of drug-likeness (QED) is 0.826. The summed E-state index contributed by atoms with van der Waals surface area (Å²) in [6, 6.07) is 1.59. The van der Waals surface area contributed by atoms with Crippen molar-refractivity contribution in [2.75, 3.05) is 6.54 Å². The molecule has 106 valence electrons. The van der Waals surface area contributed by atoms with Crippen LogP contribution in [-0.4, -0.2) is 29.4 Å². The molecule has 6 heteroatoms. The molecule has 2 aliphatic rings. The van der Waals surface area contributed by atoms with Crippen LogP contribution < -0.4 is 10.6 Å². The summed E-state index contributed by atoms with van der Waals surface area (Å²) in [5.41, 5.74) is 2.55. The van der Waals surface area contributed by atoms with Gasteiger partial charge in [-0.3, -0.25) is 4.79 Å². The van der Waals surface area contributed by atoms with Crippen LogP contribution in [0.4, 0.5) is 4.79 Å². The molecule has 0 aliphatic carbocycles. The molecular formula is C14H17N3O2S. The summed E-state index contributed by atoms with van der Waals surface area (Å²) in [5.74, 6) is 0.0133. The Bertz CT molecular complexity index is 605. The number of hydrogen-bond acceptors (Lipinski definition) is 3. The van der Waals surface area contributed by atoms with E-state index in [2.05, 4.69) is 22.1 Å². The molecule has 0 radical (unpaired) electrons. The second-order valence-electron chi connectivity index (χ2n) is 5.20. The van der Waals surface area contributed by atoms with Gasteiger partial charge in [0.1, 0.15) is 0 Å². The van der Waals surface area contributed by atoms with Gasteiger partial charge < -0.3 is 15.5 Å². The molecule has 0 saturated carbocycles. The first-order valence-corrected chi connectivity index (χ1v) is 7.57. The van der Waals surface area contributed by atoms with E-state index < -0.39 is 0 Å². The van der Waals surface area contributed by atoms with Crippen molar-refractivity contribution in [3.05, 3.63) is 33.2 Å². The number of allylic oxidation sites excluding steroid dienone is 1. The van der Waals surface area contributed by atoms with E-state index in [0.29, 0.717) is 17.8 Å². The van der Waals surface area contributed by atoms with Gasteiger partial charge in [0.2, 0.25) is 0 Å². The minimum absolute atomic E-state index is 0.0133. The smallest absolute Gasteiger partial charge is 0.319 e. The Balaban J connectivity index is 1.83. The van der Waals surface area contributed by atoms with Crippen LogP contribution in [-0.2, 0) is 17.8 Å². The number of nitrogens with one attached hydrogen (secondary N) is 2. The lowest BCUT2D eigenvalue weighted by Gasteiger charge is -2.32. The maximum Gasteiger partial charge on any atom is 0.319 e. The van der Waals surface area contributed by atoms with Crippen LogP contribution in [0.25, 0.3) is 0 Å². The van der Waals surface area contributed by atoms with Gasteiger partial charge in [0.05, 0.1) is 11.6 Å². The Labute approximate surface area is 121 Å². The third-order valence-electron chi connectivity index (χ3n) is 3.81. The van der Waals surface area contributed by atoms with Crippen molar-refractivity contribution in [2.24, 2.45) is 0 Å². The average Bonchev–Trinajstić information content (AvgIpc) is 2.84. The van der Waals surface area contributed by atoms with Gasteiger partial charge in [-0.25, -0.2) is 4.79 Å². The molecule has 0 bridgehead atoms. The van der Waals surface area contributed by atoms with E-state index in [1.54, 1.807) is 18.3 Å². The third-order valence-corrected chi connectivity index (χ3v) is 4.83. The average molecular weight is 291 g/mol. The van der Waals surface area contributed by atoms with E-state index in [1.165, 1.54) is 10.4 Å². The maximum atomic E-state index is 12.7. The van der Waals surface area contributed by atoms with Crippen molar-refractivity contribution in [1.82, 2.24) is 15.5 Å². The molecular weight excluding hydrogens is 274 g/mol. The van der Waals surface area contributed by atoms with E-state index in [1.807, 2.05) is 11.8 Å². The molecule has 2 N–H and O–H groups in total. The van der Waals surface area contributed by atoms with Crippen LogP contribution >= 0.6 is 11.3 Å². The van der Waals surface area contributed by atoms with Gasteiger partial charge in [0.25, 0.3) is 5.91 Å². The molecule has 2 aliphatic heterocycles. The molecule has 20 heavy (non-hydrogen) atoms. The molecule has 5 nitrogen and oxygen atoms in total. The van der Waals surface area contributed by atoms with Crippen LogP contribution in [0.1, 0.15) is 24.3 Å². The maximum absolute atomic E-state index is 12.7. The minimum atomic E-state index is -0.250. The van der Waals surface area contributed by atoms with Gasteiger partial charge in [-0.2, -0.15) is 0 Å². The Kier molecular flexibility index (Phi) is 3.25. The van der Waals surface area contributed by atoms with E-state index in [4.69, 9.17) is 0 Å². The van der Waals surface area contributed by atoms with Gasteiger partial charge in [0, 0.05) is 23.7 Å². The van der Waals surface area contributed by atoms with Gasteiger partial charge in [-0.1, -0.05) is 0 Å². The summed E-state index contributed by atoms with van der Waals surface area (Å²) < 4.78 is 0. The van der Waals surface area contributed by atoms with Gasteiger partial charge in [-0.05, 0) is 37.3 Å². The number of fused-ring (bicyclic) bond motifs is 1. The summed E-state index contributed by atoms with van der Waals surface area (Å²) >= 11 is 1.76. The Hall–Kier alpha value is -1.82. The number of thiophene rings is 1. The molecule has 1 aromatic heterocycles. The Morgan fingerprint density at radius 3 is 3.05 bits per heavy atom. The number of amides is 3. The molecule has 0 saturated heterocycles. The summed E-state index contributed by atoms with van der Waals surface area (Å²) in [6.45, 7) is 5.02. The second-order valence-corrected chi connectivity index (χ2v) is 6.21. The van der Waals surface area contributed by atoms with Crippen LogP contribution in [0.3, 0.4) is 0 Å². The third kappa shape index (κ3) is 2.20. The first kappa shape index (κ1) is 13.2. The SMILES string of the molecule is CC1=C(C(=O)N2CCc3sccc3C2)C(C)NC(=O)N1. The van der Waals surface area contributed by atoms with Crippen molar-refractivity contribution in [1.29, 1.82) is 0 Å². The highest BCUT2D eigenvalue weighted by atomic mass is 32.1. The predicted octanol–water partition coefficient (Wildman–Crippen LogP) is 1.61. The lowest BCUT2D eigenvalue weighted by atomic mass is 10.0. The molecule has 0 spiro atoms. The zero-order chi connectivity index (χ0) is 14.3. The highest BCUT2D eigenvalue weighted by Gasteiger charge is 2.31. The monoisotopic (exact) mass is 291 g/mol. The predicted molar refractivity (Wildman–Crippen MR) is 77.3 cm³/mol. The number of carbonyl (C=O) groups is 2. The van der Waals surface area contributed by atoms with Crippen LogP contribution in [0.5, 0.6) is 0 Å². The molecule has 3 heterocycles. The summed E-state index contributed by atoms with van der Waals surface area (Å²) in [6.07, 6.45) is 0.916. The van der Waals surface area contributed by atoms with Gasteiger partial charge in [-0.15, -0.1) is 11.3 Å². The van der Waals surface area contributed by atoms with E-state index >= 15 is 0 Å². The first-order chi connectivity index (χ1) is 9.56. The first-order valence-electron chi connectivity index (χ1n) is 6.69. The fraction of sp³-hybridized carbons (Fsp3) is 0.429. The number of urea groups is 1. The number of rotatable bonds is 1. The van der Waals surface area contributed by atoms with Crippen molar-refractivity contribution in [3.8, 4) is 0 Å².